The van der Waals surface area contributed by atoms with Gasteiger partial charge in [0.05, 0.1) is 28.7 Å². The van der Waals surface area contributed by atoms with Crippen molar-refractivity contribution in [2.45, 2.75) is 292 Å². The van der Waals surface area contributed by atoms with Gasteiger partial charge in [0.1, 0.15) is 40.2 Å². The number of carbonyl (C=O) groups excluding carboxylic acids is 4. The molecule has 0 fully saturated rings. The number of Topliss-reactive ketones (excluding diaryl/α,β-unsaturated/α-hetero) is 4. The molecule has 15 rings (SSSR count). The predicted octanol–water partition coefficient (Wildman–Crippen LogP) is 27.1. The molecule has 5 aliphatic carbocycles. The van der Waals surface area contributed by atoms with Gasteiger partial charge < -0.3 is 5.11 Å². The Kier molecular flexibility index (Phi) is 29.8. The number of carbonyl (C=O) groups is 5. The van der Waals surface area contributed by atoms with Gasteiger partial charge in [0.15, 0.2) is 23.1 Å². The lowest BCUT2D eigenvalue weighted by atomic mass is 9.63. The second-order valence-electron chi connectivity index (χ2n) is 41.8. The summed E-state index contributed by atoms with van der Waals surface area (Å²) >= 11 is 0. The maximum Gasteiger partial charge on any atom is 0.341 e. The van der Waals surface area contributed by atoms with Crippen LogP contribution in [0.2, 0.25) is 0 Å². The number of fused-ring (bicyclic) bond motifs is 5. The number of carboxylic acids is 1. The number of nitrogens with zero attached hydrogens (tertiary/aromatic N) is 3. The van der Waals surface area contributed by atoms with Crippen LogP contribution in [0.25, 0.3) is 0 Å². The van der Waals surface area contributed by atoms with E-state index in [4.69, 9.17) is 15.1 Å². The lowest BCUT2D eigenvalue weighted by Crippen LogP contribution is -2.36. The summed E-state index contributed by atoms with van der Waals surface area (Å²) in [6, 6.07) is 47.3. The SMILES string of the molecule is C.CC(=O)c1ccc(C#Cc2ccc3c(c2)C(C)(C)CCC3(C)C)c(F)c1.CC(=O)c1ccc(C#Cc2ccc3c(c2)C(C)(C)CCC3(C)C)cc1F.CC(=O)c1ccc(C#Cc2ccc3c(c2)C(C)(C)CCC3(C)C)cn1.CC(=O)c1ccc(C#Cc2cnc3c(n2)C(C)(C)CCC3(C)C)cc1.CC1(C)CCC(C)(C)c2cc(C#Cc3cc(F)c(C(=O)O)c(F)c3)ccc21. The van der Waals surface area contributed by atoms with Gasteiger partial charge in [-0.2, -0.15) is 0 Å². The summed E-state index contributed by atoms with van der Waals surface area (Å²) in [6.07, 6.45) is 14.9. The molecule has 5 aliphatic rings. The fraction of sp³-hybridized carbons (Fsp3) is 0.385. The van der Waals surface area contributed by atoms with Crippen LogP contribution in [-0.2, 0) is 54.1 Å². The van der Waals surface area contributed by atoms with Gasteiger partial charge in [-0.05, 0) is 300 Å². The smallest absolute Gasteiger partial charge is 0.341 e. The maximum absolute atomic E-state index is 14.2. The van der Waals surface area contributed by atoms with Gasteiger partial charge in [-0.25, -0.2) is 27.3 Å². The molecule has 8 aromatic carbocycles. The summed E-state index contributed by atoms with van der Waals surface area (Å²) in [6.45, 7) is 51.3. The average molecular weight is 1750 g/mol. The van der Waals surface area contributed by atoms with Gasteiger partial charge >= 0.3 is 5.97 Å². The minimum Gasteiger partial charge on any atom is -0.477 e. The van der Waals surface area contributed by atoms with Crippen molar-refractivity contribution in [3.8, 4) is 59.2 Å². The van der Waals surface area contributed by atoms with Crippen molar-refractivity contribution in [2.75, 3.05) is 0 Å². The molecule has 0 aliphatic heterocycles. The maximum atomic E-state index is 14.2. The monoisotopic (exact) mass is 1740 g/mol. The highest BCUT2D eigenvalue weighted by molar-refractivity contribution is 5.95. The van der Waals surface area contributed by atoms with E-state index in [9.17, 15) is 41.5 Å². The largest absolute Gasteiger partial charge is 0.477 e. The number of hydrogen-bond donors (Lipinski definition) is 1. The molecule has 13 heteroatoms. The van der Waals surface area contributed by atoms with E-state index in [1.54, 1.807) is 55.7 Å². The first-order valence-electron chi connectivity index (χ1n) is 44.6. The van der Waals surface area contributed by atoms with E-state index in [1.165, 1.54) is 109 Å². The van der Waals surface area contributed by atoms with E-state index in [-0.39, 0.29) is 95.8 Å². The molecule has 0 spiro atoms. The van der Waals surface area contributed by atoms with Gasteiger partial charge in [0, 0.05) is 79.6 Å². The molecule has 0 amide bonds. The summed E-state index contributed by atoms with van der Waals surface area (Å²) in [5.41, 5.74) is 22.0. The summed E-state index contributed by atoms with van der Waals surface area (Å²) in [5, 5.41) is 8.83. The molecule has 130 heavy (non-hydrogen) atoms. The minimum absolute atomic E-state index is 0. The van der Waals surface area contributed by atoms with Crippen molar-refractivity contribution in [1.82, 2.24) is 15.0 Å². The molecular formula is C117H125F4N3O6. The highest BCUT2D eigenvalue weighted by Crippen LogP contribution is 2.51. The van der Waals surface area contributed by atoms with Crippen molar-refractivity contribution in [3.05, 3.63) is 333 Å². The molecule has 2 heterocycles. The molecule has 9 nitrogen and oxygen atoms in total. The Hall–Kier alpha value is -12.3. The van der Waals surface area contributed by atoms with Crippen LogP contribution in [0.4, 0.5) is 17.6 Å². The molecule has 10 aromatic rings. The molecule has 672 valence electrons. The number of aromatic carboxylic acids is 1. The molecule has 2 aromatic heterocycles. The number of benzene rings is 8. The highest BCUT2D eigenvalue weighted by Gasteiger charge is 2.43. The van der Waals surface area contributed by atoms with Crippen LogP contribution in [0.5, 0.6) is 0 Å². The third kappa shape index (κ3) is 23.4. The molecule has 0 atom stereocenters. The number of pyridine rings is 1. The number of carboxylic acid groups (broad SMARTS) is 1. The number of rotatable bonds is 5. The number of aromatic nitrogens is 3. The molecule has 0 saturated carbocycles. The van der Waals surface area contributed by atoms with Gasteiger partial charge in [0.25, 0.3) is 0 Å². The van der Waals surface area contributed by atoms with Gasteiger partial charge in [-0.3, -0.25) is 29.1 Å². The average Bonchev–Trinajstić information content (AvgIpc) is 0.787. The van der Waals surface area contributed by atoms with Gasteiger partial charge in [-0.15, -0.1) is 0 Å². The molecule has 0 unspecified atom stereocenters. The first-order chi connectivity index (χ1) is 60.1. The lowest BCUT2D eigenvalue weighted by molar-refractivity contribution is 0.0685. The Balaban J connectivity index is 0.000000169. The third-order valence-electron chi connectivity index (χ3n) is 27.0. The van der Waals surface area contributed by atoms with Crippen LogP contribution in [0.1, 0.15) is 401 Å². The van der Waals surface area contributed by atoms with Crippen molar-refractivity contribution >= 4 is 29.1 Å². The van der Waals surface area contributed by atoms with Crippen molar-refractivity contribution < 1.29 is 46.6 Å². The quantitative estimate of drug-likeness (QED) is 0.101. The summed E-state index contributed by atoms with van der Waals surface area (Å²) in [7, 11) is 0. The van der Waals surface area contributed by atoms with Gasteiger partial charge in [-0.1, -0.05) is 236 Å². The second kappa shape index (κ2) is 38.8. The molecule has 0 saturated heterocycles. The zero-order chi connectivity index (χ0) is 94.7. The van der Waals surface area contributed by atoms with E-state index in [1.807, 2.05) is 30.3 Å². The standard InChI is InChI=1S/2C24H25FO.C23H22F2O2.C23H25NO.C22H24N2O.CH4/c1-16(26)19-10-9-18(22(25)15-19)8-6-17-7-11-20-21(14-17)24(4,5)13-12-23(20,2)3;1-16(26)19-10-8-18(15-22(19)25)7-6-17-9-11-20-21(14-17)24(4,5)13-12-23(20,2)3;1-22(2)9-10-23(3,4)17-11-14(7-8-16(17)22)5-6-15-12-18(24)20(21(26)27)19(25)13-15;1-16(25)21-11-9-18(15-24-21)7-6-17-8-10-19-20(14-17)23(4,5)13-12-22(19,2)3;1-15(25)17-9-6-16(7-10-17)8-11-18-14-23-19-20(24-18)22(4,5)13-12-21(19,2)3;/h7,9-11,14-15H,12-13H2,1-5H3;8-11,14-15H,12-13H2,1-5H3;7-8,11-13H,9-10H2,1-4H3,(H,26,27);8-11,14-15H,12-13H2,1-5H3;6-7,9-10,14H,12-13H2,1-5H3;1H4. The first-order valence-corrected chi connectivity index (χ1v) is 44.6. The van der Waals surface area contributed by atoms with Gasteiger partial charge in [0.2, 0.25) is 0 Å². The molecular weight excluding hydrogens is 1620 g/mol. The van der Waals surface area contributed by atoms with Crippen LogP contribution in [0.15, 0.2) is 170 Å². The van der Waals surface area contributed by atoms with E-state index in [2.05, 4.69) is 263 Å². The van der Waals surface area contributed by atoms with Crippen LogP contribution in [0, 0.1) is 82.5 Å². The van der Waals surface area contributed by atoms with Crippen LogP contribution in [-0.4, -0.2) is 49.2 Å². The van der Waals surface area contributed by atoms with E-state index in [0.717, 1.165) is 95.4 Å². The number of ketones is 4. The van der Waals surface area contributed by atoms with E-state index < -0.39 is 34.8 Å². The summed E-state index contributed by atoms with van der Waals surface area (Å²) in [4.78, 5) is 69.8. The lowest BCUT2D eigenvalue weighted by Gasteiger charge is -2.41. The highest BCUT2D eigenvalue weighted by atomic mass is 19.1. The Labute approximate surface area is 770 Å². The van der Waals surface area contributed by atoms with Crippen LogP contribution >= 0.6 is 0 Å². The van der Waals surface area contributed by atoms with Crippen molar-refractivity contribution in [2.24, 2.45) is 0 Å². The van der Waals surface area contributed by atoms with Crippen LogP contribution in [0.3, 0.4) is 0 Å². The minimum atomic E-state index is -1.64. The summed E-state index contributed by atoms with van der Waals surface area (Å²) < 4.78 is 55.7. The Morgan fingerprint density at radius 1 is 0.285 bits per heavy atom. The second-order valence-corrected chi connectivity index (χ2v) is 41.8. The topological polar surface area (TPSA) is 144 Å². The van der Waals surface area contributed by atoms with E-state index >= 15 is 0 Å². The fourth-order valence-corrected chi connectivity index (χ4v) is 17.7. The first kappa shape index (κ1) is 99.8. The van der Waals surface area contributed by atoms with Crippen LogP contribution < -0.4 is 0 Å². The third-order valence-corrected chi connectivity index (χ3v) is 27.0. The number of hydrogen-bond acceptors (Lipinski definition) is 8. The zero-order valence-corrected chi connectivity index (χ0v) is 79.6. The molecule has 1 N–H and O–H groups in total. The summed E-state index contributed by atoms with van der Waals surface area (Å²) in [5.74, 6) is 25.3. The Bertz CT molecular complexity index is 6270. The Morgan fingerprint density at radius 3 is 0.969 bits per heavy atom. The predicted molar refractivity (Wildman–Crippen MR) is 518 cm³/mol. The fourth-order valence-electron chi connectivity index (χ4n) is 17.7. The molecule has 0 bridgehead atoms. The van der Waals surface area contributed by atoms with Crippen molar-refractivity contribution in [3.63, 3.8) is 0 Å². The Morgan fingerprint density at radius 2 is 0.608 bits per heavy atom. The number of halogens is 4. The van der Waals surface area contributed by atoms with Crippen molar-refractivity contribution in [1.29, 1.82) is 0 Å². The molecule has 0 radical (unpaired) electrons. The normalized spacial score (nSPS) is 16.9. The zero-order valence-electron chi connectivity index (χ0n) is 79.6. The van der Waals surface area contributed by atoms with E-state index in [0.29, 0.717) is 33.6 Å².